The zero-order chi connectivity index (χ0) is 16.5. The van der Waals surface area contributed by atoms with Gasteiger partial charge in [-0.3, -0.25) is 14.7 Å². The van der Waals surface area contributed by atoms with E-state index < -0.39 is 6.10 Å². The third-order valence-electron chi connectivity index (χ3n) is 3.86. The van der Waals surface area contributed by atoms with Gasteiger partial charge in [0.05, 0.1) is 15.9 Å². The number of pyridine rings is 1. The molecule has 0 fully saturated rings. The zero-order valence-corrected chi connectivity index (χ0v) is 13.7. The lowest BCUT2D eigenvalue weighted by atomic mass is 10.1. The summed E-state index contributed by atoms with van der Waals surface area (Å²) in [5, 5.41) is 4.71. The number of anilines is 1. The van der Waals surface area contributed by atoms with Crippen LogP contribution < -0.4 is 4.90 Å². The SMILES string of the molecule is CN(C(=O)[C@H]1CC(c2ccncc2)=NO1)c1nc2ccccc2s1. The summed E-state index contributed by atoms with van der Waals surface area (Å²) in [5.74, 6) is -0.151. The van der Waals surface area contributed by atoms with Crippen LogP contribution in [0, 0.1) is 0 Å². The first-order valence-electron chi connectivity index (χ1n) is 7.48. The Morgan fingerprint density at radius 3 is 2.83 bits per heavy atom. The summed E-state index contributed by atoms with van der Waals surface area (Å²) in [6, 6.07) is 11.5. The van der Waals surface area contributed by atoms with Gasteiger partial charge in [-0.1, -0.05) is 28.6 Å². The van der Waals surface area contributed by atoms with Crippen molar-refractivity contribution in [1.82, 2.24) is 9.97 Å². The molecule has 1 atom stereocenters. The summed E-state index contributed by atoms with van der Waals surface area (Å²) < 4.78 is 1.05. The Kier molecular flexibility index (Phi) is 3.70. The van der Waals surface area contributed by atoms with Gasteiger partial charge in [0, 0.05) is 31.4 Å². The Bertz CT molecular complexity index is 889. The number of carbonyl (C=O) groups excluding carboxylic acids is 1. The predicted molar refractivity (Wildman–Crippen MR) is 93.3 cm³/mol. The minimum absolute atomic E-state index is 0.151. The molecule has 6 nitrogen and oxygen atoms in total. The van der Waals surface area contributed by atoms with E-state index in [1.54, 1.807) is 24.3 Å². The lowest BCUT2D eigenvalue weighted by Gasteiger charge is -2.16. The van der Waals surface area contributed by atoms with Gasteiger partial charge < -0.3 is 4.84 Å². The zero-order valence-electron chi connectivity index (χ0n) is 12.9. The number of oxime groups is 1. The average molecular weight is 338 g/mol. The third kappa shape index (κ3) is 2.63. The fourth-order valence-electron chi connectivity index (χ4n) is 2.54. The summed E-state index contributed by atoms with van der Waals surface area (Å²) in [4.78, 5) is 28.1. The number of carbonyl (C=O) groups is 1. The first kappa shape index (κ1) is 14.8. The van der Waals surface area contributed by atoms with Crippen LogP contribution in [0.2, 0.25) is 0 Å². The van der Waals surface area contributed by atoms with Crippen LogP contribution in [0.1, 0.15) is 12.0 Å². The first-order chi connectivity index (χ1) is 11.7. The van der Waals surface area contributed by atoms with Crippen LogP contribution in [0.3, 0.4) is 0 Å². The number of hydrogen-bond acceptors (Lipinski definition) is 6. The highest BCUT2D eigenvalue weighted by Gasteiger charge is 2.32. The Hall–Kier alpha value is -2.80. The van der Waals surface area contributed by atoms with Gasteiger partial charge in [0.1, 0.15) is 0 Å². The minimum Gasteiger partial charge on any atom is -0.382 e. The maximum absolute atomic E-state index is 12.7. The van der Waals surface area contributed by atoms with Crippen molar-refractivity contribution in [3.8, 4) is 0 Å². The standard InChI is InChI=1S/C17H14N4O2S/c1-21(17-19-12-4-2-3-5-15(12)24-17)16(22)14-10-13(20-23-14)11-6-8-18-9-7-11/h2-9,14H,10H2,1H3/t14-/m1/s1. The normalized spacial score (nSPS) is 16.7. The van der Waals surface area contributed by atoms with Crippen molar-refractivity contribution in [1.29, 1.82) is 0 Å². The van der Waals surface area contributed by atoms with Crippen LogP contribution >= 0.6 is 11.3 Å². The molecule has 7 heteroatoms. The Morgan fingerprint density at radius 1 is 1.25 bits per heavy atom. The lowest BCUT2D eigenvalue weighted by Crippen LogP contribution is -2.36. The van der Waals surface area contributed by atoms with Crippen molar-refractivity contribution in [2.45, 2.75) is 12.5 Å². The summed E-state index contributed by atoms with van der Waals surface area (Å²) >= 11 is 1.48. The van der Waals surface area contributed by atoms with E-state index in [1.165, 1.54) is 11.3 Å². The van der Waals surface area contributed by atoms with E-state index in [0.717, 1.165) is 21.5 Å². The van der Waals surface area contributed by atoms with Crippen LogP contribution in [-0.2, 0) is 9.63 Å². The van der Waals surface area contributed by atoms with Gasteiger partial charge in [-0.05, 0) is 24.3 Å². The molecule has 120 valence electrons. The van der Waals surface area contributed by atoms with Gasteiger partial charge in [0.15, 0.2) is 5.13 Å². The number of hydrogen-bond donors (Lipinski definition) is 0. The summed E-state index contributed by atoms with van der Waals surface area (Å²) in [6.45, 7) is 0. The molecule has 0 unspecified atom stereocenters. The second kappa shape index (κ2) is 6.01. The van der Waals surface area contributed by atoms with Gasteiger partial charge in [0.2, 0.25) is 6.10 Å². The molecule has 0 N–H and O–H groups in total. The van der Waals surface area contributed by atoms with Crippen LogP contribution in [0.5, 0.6) is 0 Å². The van der Waals surface area contributed by atoms with E-state index in [1.807, 2.05) is 36.4 Å². The van der Waals surface area contributed by atoms with Gasteiger partial charge in [-0.2, -0.15) is 0 Å². The average Bonchev–Trinajstić information content (AvgIpc) is 3.28. The van der Waals surface area contributed by atoms with Gasteiger partial charge in [-0.25, -0.2) is 4.98 Å². The number of benzene rings is 1. The molecule has 0 spiro atoms. The van der Waals surface area contributed by atoms with Crippen LogP contribution in [0.15, 0.2) is 53.9 Å². The molecule has 2 aromatic heterocycles. The fourth-order valence-corrected chi connectivity index (χ4v) is 3.47. The van der Waals surface area contributed by atoms with Crippen molar-refractivity contribution in [2.75, 3.05) is 11.9 Å². The minimum atomic E-state index is -0.620. The van der Waals surface area contributed by atoms with E-state index in [-0.39, 0.29) is 5.91 Å². The largest absolute Gasteiger partial charge is 0.382 e. The van der Waals surface area contributed by atoms with Crippen molar-refractivity contribution < 1.29 is 9.63 Å². The highest BCUT2D eigenvalue weighted by Crippen LogP contribution is 2.29. The van der Waals surface area contributed by atoms with Crippen molar-refractivity contribution in [3.05, 3.63) is 54.4 Å². The Labute approximate surface area is 142 Å². The van der Waals surface area contributed by atoms with Crippen LogP contribution in [0.4, 0.5) is 5.13 Å². The molecule has 1 aliphatic heterocycles. The molecular weight excluding hydrogens is 324 g/mol. The molecule has 0 bridgehead atoms. The number of rotatable bonds is 3. The quantitative estimate of drug-likeness (QED) is 0.736. The number of likely N-dealkylation sites (N-methyl/N-ethyl adjacent to an activating group) is 1. The van der Waals surface area contributed by atoms with Gasteiger partial charge >= 0.3 is 0 Å². The van der Waals surface area contributed by atoms with Gasteiger partial charge in [-0.15, -0.1) is 0 Å². The Morgan fingerprint density at radius 2 is 2.04 bits per heavy atom. The Balaban J connectivity index is 1.50. The third-order valence-corrected chi connectivity index (χ3v) is 4.97. The molecular formula is C17H14N4O2S. The molecule has 0 radical (unpaired) electrons. The van der Waals surface area contributed by atoms with E-state index in [2.05, 4.69) is 15.1 Å². The van der Waals surface area contributed by atoms with Gasteiger partial charge in [0.25, 0.3) is 5.91 Å². The van der Waals surface area contributed by atoms with E-state index in [9.17, 15) is 4.79 Å². The number of para-hydroxylation sites is 1. The van der Waals surface area contributed by atoms with Crippen LogP contribution in [-0.4, -0.2) is 34.7 Å². The second-order valence-electron chi connectivity index (χ2n) is 5.43. The molecule has 1 aromatic carbocycles. The number of thiazole rings is 1. The first-order valence-corrected chi connectivity index (χ1v) is 8.30. The van der Waals surface area contributed by atoms with E-state index in [0.29, 0.717) is 11.6 Å². The number of amides is 1. The van der Waals surface area contributed by atoms with Crippen molar-refractivity contribution >= 4 is 38.3 Å². The summed E-state index contributed by atoms with van der Waals surface area (Å²) in [6.07, 6.45) is 3.21. The molecule has 1 amide bonds. The second-order valence-corrected chi connectivity index (χ2v) is 6.44. The molecule has 24 heavy (non-hydrogen) atoms. The molecule has 3 heterocycles. The molecule has 1 aliphatic rings. The fraction of sp³-hybridized carbons (Fsp3) is 0.176. The molecule has 0 saturated carbocycles. The maximum atomic E-state index is 12.7. The molecule has 0 aliphatic carbocycles. The number of nitrogens with zero attached hydrogens (tertiary/aromatic N) is 4. The monoisotopic (exact) mass is 338 g/mol. The van der Waals surface area contributed by atoms with E-state index >= 15 is 0 Å². The lowest BCUT2D eigenvalue weighted by molar-refractivity contribution is -0.128. The molecule has 0 saturated heterocycles. The highest BCUT2D eigenvalue weighted by molar-refractivity contribution is 7.22. The maximum Gasteiger partial charge on any atom is 0.272 e. The summed E-state index contributed by atoms with van der Waals surface area (Å²) in [7, 11) is 1.72. The number of aromatic nitrogens is 2. The van der Waals surface area contributed by atoms with Crippen molar-refractivity contribution in [3.63, 3.8) is 0 Å². The summed E-state index contributed by atoms with van der Waals surface area (Å²) in [5.41, 5.74) is 2.56. The predicted octanol–water partition coefficient (Wildman–Crippen LogP) is 2.85. The molecule has 3 aromatic rings. The van der Waals surface area contributed by atoms with Crippen molar-refractivity contribution in [2.24, 2.45) is 5.16 Å². The highest BCUT2D eigenvalue weighted by atomic mass is 32.1. The molecule has 4 rings (SSSR count). The topological polar surface area (TPSA) is 67.7 Å². The smallest absolute Gasteiger partial charge is 0.272 e. The number of fused-ring (bicyclic) bond motifs is 1. The van der Waals surface area contributed by atoms with E-state index in [4.69, 9.17) is 4.84 Å². The van der Waals surface area contributed by atoms with Crippen LogP contribution in [0.25, 0.3) is 10.2 Å².